The minimum Gasteiger partial charge on any atom is -0.465 e. The molecule has 3 aromatic rings. The fourth-order valence-electron chi connectivity index (χ4n) is 2.86. The number of thiazole rings is 1. The van der Waals surface area contributed by atoms with Gasteiger partial charge in [0.25, 0.3) is 0 Å². The molecule has 0 atom stereocenters. The average molecular weight is 380 g/mol. The number of rotatable bonds is 6. The van der Waals surface area contributed by atoms with Crippen LogP contribution in [0, 0.1) is 6.92 Å². The molecular weight excluding hydrogens is 360 g/mol. The minimum absolute atomic E-state index is 0.0202. The first-order valence-corrected chi connectivity index (χ1v) is 9.32. The fraction of sp³-hybridized carbons (Fsp3) is 0.190. The van der Waals surface area contributed by atoms with Crippen molar-refractivity contribution in [1.82, 2.24) is 4.98 Å². The van der Waals surface area contributed by atoms with Crippen molar-refractivity contribution < 1.29 is 14.3 Å². The van der Waals surface area contributed by atoms with E-state index in [9.17, 15) is 9.59 Å². The number of ether oxygens (including phenoxy) is 1. The van der Waals surface area contributed by atoms with Crippen LogP contribution in [0.4, 0.5) is 11.4 Å². The second-order valence-electron chi connectivity index (χ2n) is 6.15. The molecule has 0 saturated carbocycles. The van der Waals surface area contributed by atoms with Gasteiger partial charge in [-0.1, -0.05) is 12.1 Å². The zero-order chi connectivity index (χ0) is 19.4. The van der Waals surface area contributed by atoms with Crippen molar-refractivity contribution in [3.05, 3.63) is 75.7 Å². The van der Waals surface area contributed by atoms with Crippen LogP contribution < -0.4 is 4.90 Å². The lowest BCUT2D eigenvalue weighted by molar-refractivity contribution is 0.0600. The Morgan fingerprint density at radius 1 is 1.15 bits per heavy atom. The number of Topliss-reactive ketones (excluding diaryl/α,β-unsaturated/α-hetero) is 1. The minimum atomic E-state index is -0.355. The Balaban J connectivity index is 2.05. The molecule has 0 radical (unpaired) electrons. The van der Waals surface area contributed by atoms with Gasteiger partial charge in [-0.2, -0.15) is 0 Å². The summed E-state index contributed by atoms with van der Waals surface area (Å²) in [5, 5.41) is 0. The molecule has 1 aromatic heterocycles. The maximum absolute atomic E-state index is 11.9. The topological polar surface area (TPSA) is 59.5 Å². The monoisotopic (exact) mass is 380 g/mol. The van der Waals surface area contributed by atoms with Crippen LogP contribution in [0.5, 0.6) is 0 Å². The Morgan fingerprint density at radius 3 is 2.56 bits per heavy atom. The van der Waals surface area contributed by atoms with E-state index in [1.54, 1.807) is 29.8 Å². The SMILES string of the molecule is COC(=O)c1ccc(N(Cc2cncs2)c2cccc(C(C)=O)c2)cc1C. The standard InChI is InChI=1S/C21H20N2O3S/c1-14-9-18(7-8-20(14)21(25)26-3)23(12-19-11-22-13-27-19)17-6-4-5-16(10-17)15(2)24/h4-11,13H,12H2,1-3H3. The van der Waals surface area contributed by atoms with Crippen molar-refractivity contribution in [3.63, 3.8) is 0 Å². The number of esters is 1. The van der Waals surface area contributed by atoms with Gasteiger partial charge in [-0.05, 0) is 49.7 Å². The summed E-state index contributed by atoms with van der Waals surface area (Å²) in [5.41, 5.74) is 5.65. The van der Waals surface area contributed by atoms with Crippen LogP contribution in [0.15, 0.2) is 54.2 Å². The molecule has 138 valence electrons. The van der Waals surface area contributed by atoms with E-state index in [0.717, 1.165) is 21.8 Å². The number of aryl methyl sites for hydroxylation is 1. The molecular formula is C21H20N2O3S. The van der Waals surface area contributed by atoms with E-state index in [4.69, 9.17) is 4.74 Å². The number of aromatic nitrogens is 1. The Hall–Kier alpha value is -2.99. The van der Waals surface area contributed by atoms with Crippen LogP contribution in [-0.4, -0.2) is 23.8 Å². The highest BCUT2D eigenvalue weighted by Crippen LogP contribution is 2.31. The smallest absolute Gasteiger partial charge is 0.338 e. The third-order valence-corrected chi connectivity index (χ3v) is 5.05. The molecule has 0 aliphatic rings. The molecule has 0 bridgehead atoms. The molecule has 2 aromatic carbocycles. The van der Waals surface area contributed by atoms with Crippen molar-refractivity contribution in [2.24, 2.45) is 0 Å². The molecule has 5 nitrogen and oxygen atoms in total. The van der Waals surface area contributed by atoms with Crippen LogP contribution in [0.2, 0.25) is 0 Å². The van der Waals surface area contributed by atoms with E-state index in [-0.39, 0.29) is 11.8 Å². The van der Waals surface area contributed by atoms with Gasteiger partial charge in [-0.3, -0.25) is 9.78 Å². The largest absolute Gasteiger partial charge is 0.465 e. The average Bonchev–Trinajstić information content (AvgIpc) is 3.18. The van der Waals surface area contributed by atoms with Gasteiger partial charge >= 0.3 is 5.97 Å². The number of hydrogen-bond donors (Lipinski definition) is 0. The molecule has 0 unspecified atom stereocenters. The maximum atomic E-state index is 11.9. The van der Waals surface area contributed by atoms with Crippen molar-refractivity contribution in [2.45, 2.75) is 20.4 Å². The van der Waals surface area contributed by atoms with Crippen LogP contribution in [0.3, 0.4) is 0 Å². The lowest BCUT2D eigenvalue weighted by atomic mass is 10.1. The summed E-state index contributed by atoms with van der Waals surface area (Å²) in [7, 11) is 1.37. The van der Waals surface area contributed by atoms with E-state index in [1.807, 2.05) is 49.5 Å². The highest BCUT2D eigenvalue weighted by Gasteiger charge is 2.16. The third-order valence-electron chi connectivity index (χ3n) is 4.29. The summed E-state index contributed by atoms with van der Waals surface area (Å²) in [6, 6.07) is 13.1. The van der Waals surface area contributed by atoms with E-state index in [0.29, 0.717) is 17.7 Å². The Bertz CT molecular complexity index is 967. The fourth-order valence-corrected chi connectivity index (χ4v) is 3.44. The first-order chi connectivity index (χ1) is 13.0. The number of carbonyl (C=O) groups excluding carboxylic acids is 2. The molecule has 27 heavy (non-hydrogen) atoms. The molecule has 0 aliphatic carbocycles. The summed E-state index contributed by atoms with van der Waals surface area (Å²) in [6.45, 7) is 4.05. The molecule has 3 rings (SSSR count). The Labute approximate surface area is 162 Å². The normalized spacial score (nSPS) is 10.5. The molecule has 0 N–H and O–H groups in total. The van der Waals surface area contributed by atoms with Gasteiger partial charge in [0.15, 0.2) is 5.78 Å². The zero-order valence-corrected chi connectivity index (χ0v) is 16.2. The van der Waals surface area contributed by atoms with Gasteiger partial charge in [0.2, 0.25) is 0 Å². The summed E-state index contributed by atoms with van der Waals surface area (Å²) in [4.78, 5) is 31.0. The zero-order valence-electron chi connectivity index (χ0n) is 15.4. The van der Waals surface area contributed by atoms with Gasteiger partial charge in [-0.15, -0.1) is 11.3 Å². The van der Waals surface area contributed by atoms with Crippen LogP contribution in [-0.2, 0) is 11.3 Å². The predicted octanol–water partition coefficient (Wildman–Crippen LogP) is 4.78. The van der Waals surface area contributed by atoms with Crippen LogP contribution in [0.25, 0.3) is 0 Å². The number of nitrogens with zero attached hydrogens (tertiary/aromatic N) is 2. The highest BCUT2D eigenvalue weighted by molar-refractivity contribution is 7.09. The number of benzene rings is 2. The molecule has 0 saturated heterocycles. The molecule has 0 fully saturated rings. The van der Waals surface area contributed by atoms with E-state index in [1.165, 1.54) is 7.11 Å². The van der Waals surface area contributed by atoms with Crippen LogP contribution >= 0.6 is 11.3 Å². The van der Waals surface area contributed by atoms with Gasteiger partial charge in [0.1, 0.15) is 0 Å². The number of methoxy groups -OCH3 is 1. The summed E-state index contributed by atoms with van der Waals surface area (Å²) in [6.07, 6.45) is 1.84. The van der Waals surface area contributed by atoms with Gasteiger partial charge in [-0.25, -0.2) is 4.79 Å². The van der Waals surface area contributed by atoms with Crippen molar-refractivity contribution in [1.29, 1.82) is 0 Å². The lowest BCUT2D eigenvalue weighted by Crippen LogP contribution is -2.17. The molecule has 6 heteroatoms. The maximum Gasteiger partial charge on any atom is 0.338 e. The van der Waals surface area contributed by atoms with Gasteiger partial charge in [0, 0.05) is 28.0 Å². The first kappa shape index (κ1) is 18.8. The Morgan fingerprint density at radius 2 is 1.93 bits per heavy atom. The number of hydrogen-bond acceptors (Lipinski definition) is 6. The van der Waals surface area contributed by atoms with E-state index < -0.39 is 0 Å². The first-order valence-electron chi connectivity index (χ1n) is 8.44. The van der Waals surface area contributed by atoms with Gasteiger partial charge in [0.05, 0.1) is 24.7 Å². The van der Waals surface area contributed by atoms with Crippen molar-refractivity contribution >= 4 is 34.5 Å². The quantitative estimate of drug-likeness (QED) is 0.455. The number of ketones is 1. The Kier molecular flexibility index (Phi) is 5.66. The predicted molar refractivity (Wildman–Crippen MR) is 107 cm³/mol. The van der Waals surface area contributed by atoms with Crippen molar-refractivity contribution in [3.8, 4) is 0 Å². The summed E-state index contributed by atoms with van der Waals surface area (Å²) < 4.78 is 4.83. The molecule has 0 amide bonds. The molecule has 0 aliphatic heterocycles. The molecule has 1 heterocycles. The van der Waals surface area contributed by atoms with Gasteiger partial charge < -0.3 is 9.64 Å². The number of anilines is 2. The second-order valence-corrected chi connectivity index (χ2v) is 7.12. The summed E-state index contributed by atoms with van der Waals surface area (Å²) >= 11 is 1.57. The van der Waals surface area contributed by atoms with Crippen LogP contribution in [0.1, 0.15) is 38.1 Å². The van der Waals surface area contributed by atoms with E-state index >= 15 is 0 Å². The number of carbonyl (C=O) groups is 2. The third kappa shape index (κ3) is 4.23. The van der Waals surface area contributed by atoms with E-state index in [2.05, 4.69) is 9.88 Å². The van der Waals surface area contributed by atoms with Crippen molar-refractivity contribution in [2.75, 3.05) is 12.0 Å². The second kappa shape index (κ2) is 8.14. The molecule has 0 spiro atoms. The summed E-state index contributed by atoms with van der Waals surface area (Å²) in [5.74, 6) is -0.335. The lowest BCUT2D eigenvalue weighted by Gasteiger charge is -2.25. The highest BCUT2D eigenvalue weighted by atomic mass is 32.1.